The molecule has 0 aromatic carbocycles. The number of nitrogens with zero attached hydrogens (tertiary/aromatic N) is 1. The fraction of sp³-hybridized carbons (Fsp3) is 1.00. The topological polar surface area (TPSA) is 128 Å². The van der Waals surface area contributed by atoms with Crippen LogP contribution in [-0.2, 0) is 14.6 Å². The van der Waals surface area contributed by atoms with Gasteiger partial charge in [0.15, 0.2) is 0 Å². The predicted molar refractivity (Wildman–Crippen MR) is 25.8 cm³/mol. The SMILES string of the molecule is COS(=O)(=O)O.ON(O)O. The molecule has 9 heteroatoms. The first-order valence-electron chi connectivity index (χ1n) is 1.69. The fourth-order valence-electron chi connectivity index (χ4n) is 0. The Morgan fingerprint density at radius 1 is 1.30 bits per heavy atom. The molecule has 0 amide bonds. The molecule has 0 saturated carbocycles. The summed E-state index contributed by atoms with van der Waals surface area (Å²) in [5.41, 5.74) is 0. The van der Waals surface area contributed by atoms with Gasteiger partial charge < -0.3 is 0 Å². The van der Waals surface area contributed by atoms with Crippen molar-refractivity contribution in [1.82, 2.24) is 5.39 Å². The zero-order valence-corrected chi connectivity index (χ0v) is 5.69. The Kier molecular flexibility index (Phi) is 6.81. The Labute approximate surface area is 56.7 Å². The molecule has 0 saturated heterocycles. The predicted octanol–water partition coefficient (Wildman–Crippen LogP) is -1.11. The maximum atomic E-state index is 9.33. The van der Waals surface area contributed by atoms with Crippen molar-refractivity contribution in [2.45, 2.75) is 0 Å². The largest absolute Gasteiger partial charge is 0.397 e. The number of hydrogen-bond acceptors (Lipinski definition) is 7. The van der Waals surface area contributed by atoms with E-state index in [1.165, 1.54) is 0 Å². The number of hydrogen-bond donors (Lipinski definition) is 4. The van der Waals surface area contributed by atoms with Crippen LogP contribution in [0, 0.1) is 0 Å². The van der Waals surface area contributed by atoms with Crippen LogP contribution in [0.1, 0.15) is 0 Å². The molecule has 0 heterocycles. The molecule has 0 aliphatic rings. The van der Waals surface area contributed by atoms with Gasteiger partial charge in [-0.3, -0.25) is 24.4 Å². The van der Waals surface area contributed by atoms with Crippen LogP contribution >= 0.6 is 0 Å². The van der Waals surface area contributed by atoms with Crippen LogP contribution in [-0.4, -0.2) is 41.1 Å². The van der Waals surface area contributed by atoms with Gasteiger partial charge in [0.1, 0.15) is 0 Å². The summed E-state index contributed by atoms with van der Waals surface area (Å²) in [7, 11) is -3.29. The second kappa shape index (κ2) is 5.49. The average molecular weight is 177 g/mol. The minimum Gasteiger partial charge on any atom is -0.266 e. The normalized spacial score (nSPS) is 10.6. The van der Waals surface area contributed by atoms with Crippen LogP contribution in [0.2, 0.25) is 0 Å². The zero-order chi connectivity index (χ0) is 8.78. The van der Waals surface area contributed by atoms with Crippen LogP contribution in [0.25, 0.3) is 0 Å². The van der Waals surface area contributed by atoms with Crippen LogP contribution in [0.4, 0.5) is 0 Å². The van der Waals surface area contributed by atoms with E-state index in [2.05, 4.69) is 4.18 Å². The second-order valence-electron chi connectivity index (χ2n) is 0.863. The molecule has 10 heavy (non-hydrogen) atoms. The van der Waals surface area contributed by atoms with Crippen molar-refractivity contribution < 1.29 is 32.8 Å². The first-order chi connectivity index (χ1) is 4.29. The summed E-state index contributed by atoms with van der Waals surface area (Å²) in [4.78, 5) is 0. The minimum atomic E-state index is -4.16. The first-order valence-corrected chi connectivity index (χ1v) is 3.06. The Hall–Kier alpha value is -0.290. The monoisotopic (exact) mass is 177 g/mol. The molecule has 0 aliphatic carbocycles. The van der Waals surface area contributed by atoms with Gasteiger partial charge in [-0.1, -0.05) is 0 Å². The Morgan fingerprint density at radius 3 is 1.40 bits per heavy atom. The van der Waals surface area contributed by atoms with Gasteiger partial charge in [-0.05, 0) is 0 Å². The van der Waals surface area contributed by atoms with E-state index in [1.54, 1.807) is 0 Å². The maximum absolute atomic E-state index is 9.33. The first kappa shape index (κ1) is 12.4. The van der Waals surface area contributed by atoms with Gasteiger partial charge in [-0.15, -0.1) is 0 Å². The molecule has 0 fully saturated rings. The highest BCUT2D eigenvalue weighted by atomic mass is 32.3. The molecule has 0 radical (unpaired) electrons. The molecule has 0 bridgehead atoms. The lowest BCUT2D eigenvalue weighted by molar-refractivity contribution is -0.472. The summed E-state index contributed by atoms with van der Waals surface area (Å²) >= 11 is 0. The van der Waals surface area contributed by atoms with Crippen LogP contribution in [0.3, 0.4) is 0 Å². The third-order valence-corrected chi connectivity index (χ3v) is 0.632. The van der Waals surface area contributed by atoms with Gasteiger partial charge in [0.2, 0.25) is 0 Å². The quantitative estimate of drug-likeness (QED) is 0.293. The van der Waals surface area contributed by atoms with E-state index in [9.17, 15) is 8.42 Å². The van der Waals surface area contributed by atoms with Gasteiger partial charge in [0, 0.05) is 0 Å². The molecule has 0 aliphatic heterocycles. The van der Waals surface area contributed by atoms with Crippen LogP contribution < -0.4 is 0 Å². The second-order valence-corrected chi connectivity index (χ2v) is 2.05. The highest BCUT2D eigenvalue weighted by Crippen LogP contribution is 1.74. The van der Waals surface area contributed by atoms with E-state index in [4.69, 9.17) is 20.2 Å². The van der Waals surface area contributed by atoms with E-state index in [1.807, 2.05) is 0 Å². The summed E-state index contributed by atoms with van der Waals surface area (Å²) in [6.07, 6.45) is 0. The molecular formula is CH7NO7S. The summed E-state index contributed by atoms with van der Waals surface area (Å²) in [6.45, 7) is 0. The van der Waals surface area contributed by atoms with Gasteiger partial charge in [0.25, 0.3) is 0 Å². The maximum Gasteiger partial charge on any atom is 0.397 e. The number of rotatable bonds is 1. The van der Waals surface area contributed by atoms with Crippen molar-refractivity contribution in [2.75, 3.05) is 7.11 Å². The van der Waals surface area contributed by atoms with Crippen molar-refractivity contribution in [3.8, 4) is 0 Å². The molecule has 8 nitrogen and oxygen atoms in total. The third-order valence-electron chi connectivity index (χ3n) is 0.211. The highest BCUT2D eigenvalue weighted by Gasteiger charge is 1.93. The molecule has 0 rings (SSSR count). The molecule has 0 spiro atoms. The van der Waals surface area contributed by atoms with Crippen molar-refractivity contribution in [2.24, 2.45) is 0 Å². The van der Waals surface area contributed by atoms with E-state index in [0.29, 0.717) is 0 Å². The Balaban J connectivity index is 0. The zero-order valence-electron chi connectivity index (χ0n) is 4.87. The molecule has 0 aromatic heterocycles. The van der Waals surface area contributed by atoms with Gasteiger partial charge in [-0.2, -0.15) is 8.42 Å². The van der Waals surface area contributed by atoms with Gasteiger partial charge in [0.05, 0.1) is 12.5 Å². The Bertz CT molecular complexity index is 144. The molecule has 0 aromatic rings. The van der Waals surface area contributed by atoms with E-state index in [-0.39, 0.29) is 0 Å². The van der Waals surface area contributed by atoms with E-state index < -0.39 is 15.8 Å². The third kappa shape index (κ3) is 47.3. The molecule has 0 atom stereocenters. The average Bonchev–Trinajstić information content (AvgIpc) is 1.63. The molecule has 64 valence electrons. The molecule has 4 N–H and O–H groups in total. The molecule has 0 unspecified atom stereocenters. The van der Waals surface area contributed by atoms with Gasteiger partial charge >= 0.3 is 10.4 Å². The van der Waals surface area contributed by atoms with Crippen molar-refractivity contribution >= 4 is 10.4 Å². The summed E-state index contributed by atoms with van der Waals surface area (Å²) in [5.74, 6) is 0. The van der Waals surface area contributed by atoms with Crippen molar-refractivity contribution in [1.29, 1.82) is 0 Å². The van der Waals surface area contributed by atoms with E-state index >= 15 is 0 Å². The summed E-state index contributed by atoms with van der Waals surface area (Å²) in [5, 5.41) is 20.0. The van der Waals surface area contributed by atoms with Crippen LogP contribution in [0.15, 0.2) is 0 Å². The summed E-state index contributed by atoms with van der Waals surface area (Å²) in [6, 6.07) is 0. The molecular weight excluding hydrogens is 170 g/mol. The standard InChI is InChI=1S/CH4O4S.H3NO3/c1-5-6(2,3)4;2-1(3)4/h1H3,(H,2,3,4);2-4H. The van der Waals surface area contributed by atoms with Crippen molar-refractivity contribution in [3.63, 3.8) is 0 Å². The fourth-order valence-corrected chi connectivity index (χ4v) is 0. The van der Waals surface area contributed by atoms with Crippen LogP contribution in [0.5, 0.6) is 0 Å². The van der Waals surface area contributed by atoms with Gasteiger partial charge in [-0.25, -0.2) is 0 Å². The lowest BCUT2D eigenvalue weighted by Crippen LogP contribution is -2.04. The summed E-state index contributed by atoms with van der Waals surface area (Å²) < 4.78 is 29.7. The highest BCUT2D eigenvalue weighted by molar-refractivity contribution is 7.80. The minimum absolute atomic E-state index is 0.870. The Morgan fingerprint density at radius 2 is 1.40 bits per heavy atom. The van der Waals surface area contributed by atoms with E-state index in [0.717, 1.165) is 7.11 Å². The lowest BCUT2D eigenvalue weighted by atomic mass is 11.8. The van der Waals surface area contributed by atoms with Crippen molar-refractivity contribution in [3.05, 3.63) is 0 Å². The smallest absolute Gasteiger partial charge is 0.266 e. The lowest BCUT2D eigenvalue weighted by Gasteiger charge is -1.84.